The summed E-state index contributed by atoms with van der Waals surface area (Å²) in [6.45, 7) is 2.14. The number of amides is 1. The lowest BCUT2D eigenvalue weighted by molar-refractivity contribution is -0.151. The van der Waals surface area contributed by atoms with E-state index < -0.39 is 0 Å². The molecule has 1 fully saturated rings. The van der Waals surface area contributed by atoms with Crippen LogP contribution in [-0.2, 0) is 22.6 Å². The number of hydrogen-bond acceptors (Lipinski definition) is 4. The van der Waals surface area contributed by atoms with Crippen LogP contribution < -0.4 is 4.74 Å². The average molecular weight is 400 g/mol. The summed E-state index contributed by atoms with van der Waals surface area (Å²) >= 11 is 6.02. The van der Waals surface area contributed by atoms with Gasteiger partial charge in [0.1, 0.15) is 19.0 Å². The van der Waals surface area contributed by atoms with E-state index in [4.69, 9.17) is 21.1 Å². The number of benzene rings is 2. The molecule has 2 aliphatic rings. The van der Waals surface area contributed by atoms with Gasteiger partial charge in [-0.1, -0.05) is 23.7 Å². The first kappa shape index (κ1) is 18.8. The monoisotopic (exact) mass is 399 g/mol. The van der Waals surface area contributed by atoms with Gasteiger partial charge in [0.25, 0.3) is 5.91 Å². The molecule has 1 amide bonds. The summed E-state index contributed by atoms with van der Waals surface area (Å²) in [5, 5.41) is 0.625. The fraction of sp³-hybridized carbons (Fsp3) is 0.364. The van der Waals surface area contributed by atoms with E-state index in [-0.39, 0.29) is 24.4 Å². The summed E-state index contributed by atoms with van der Waals surface area (Å²) in [4.78, 5) is 26.7. The minimum atomic E-state index is -0.345. The Balaban J connectivity index is 1.32. The topological polar surface area (TPSA) is 55.8 Å². The van der Waals surface area contributed by atoms with Crippen LogP contribution in [0, 0.1) is 5.92 Å². The molecule has 1 atom stereocenters. The Morgan fingerprint density at radius 2 is 1.86 bits per heavy atom. The second-order valence-corrected chi connectivity index (χ2v) is 7.70. The van der Waals surface area contributed by atoms with Gasteiger partial charge in [-0.25, -0.2) is 0 Å². The Kier molecular flexibility index (Phi) is 5.53. The van der Waals surface area contributed by atoms with E-state index in [2.05, 4.69) is 0 Å². The molecule has 2 heterocycles. The van der Waals surface area contributed by atoms with Crippen LogP contribution in [0.2, 0.25) is 5.02 Å². The summed E-state index contributed by atoms with van der Waals surface area (Å²) in [6.07, 6.45) is 2.70. The predicted octanol–water partition coefficient (Wildman–Crippen LogP) is 3.87. The molecule has 0 aliphatic carbocycles. The molecule has 0 radical (unpaired) electrons. The number of esters is 1. The zero-order valence-electron chi connectivity index (χ0n) is 15.5. The number of ether oxygens (including phenoxy) is 2. The zero-order valence-corrected chi connectivity index (χ0v) is 16.3. The first-order valence-corrected chi connectivity index (χ1v) is 9.94. The van der Waals surface area contributed by atoms with E-state index in [0.717, 1.165) is 42.8 Å². The first-order valence-electron chi connectivity index (χ1n) is 9.56. The largest absolute Gasteiger partial charge is 0.492 e. The molecule has 0 bridgehead atoms. The second-order valence-electron chi connectivity index (χ2n) is 7.27. The molecule has 2 aromatic rings. The maximum absolute atomic E-state index is 12.4. The predicted molar refractivity (Wildman–Crippen MR) is 106 cm³/mol. The van der Waals surface area contributed by atoms with Crippen molar-refractivity contribution in [2.75, 3.05) is 19.7 Å². The fourth-order valence-electron chi connectivity index (χ4n) is 3.63. The number of rotatable bonds is 4. The lowest BCUT2D eigenvalue weighted by atomic mass is 9.97. The minimum absolute atomic E-state index is 0.0673. The van der Waals surface area contributed by atoms with Crippen LogP contribution in [0.5, 0.6) is 5.75 Å². The van der Waals surface area contributed by atoms with Crippen LogP contribution in [0.1, 0.15) is 34.3 Å². The van der Waals surface area contributed by atoms with Crippen molar-refractivity contribution in [3.63, 3.8) is 0 Å². The molecular weight excluding hydrogens is 378 g/mol. The molecular formula is C22H22ClNO4. The number of fused-ring (bicyclic) bond motifs is 1. The highest BCUT2D eigenvalue weighted by atomic mass is 35.5. The van der Waals surface area contributed by atoms with Gasteiger partial charge in [-0.05, 0) is 60.7 Å². The summed E-state index contributed by atoms with van der Waals surface area (Å²) in [5.41, 5.74) is 2.45. The highest BCUT2D eigenvalue weighted by molar-refractivity contribution is 6.30. The minimum Gasteiger partial charge on any atom is -0.492 e. The molecule has 0 unspecified atom stereocenters. The average Bonchev–Trinajstić information content (AvgIpc) is 3.26. The van der Waals surface area contributed by atoms with E-state index in [9.17, 15) is 9.59 Å². The van der Waals surface area contributed by atoms with Crippen LogP contribution in [0.25, 0.3) is 0 Å². The summed E-state index contributed by atoms with van der Waals surface area (Å²) < 4.78 is 11.1. The van der Waals surface area contributed by atoms with Crippen molar-refractivity contribution in [2.24, 2.45) is 5.92 Å². The fourth-order valence-corrected chi connectivity index (χ4v) is 3.83. The lowest BCUT2D eigenvalue weighted by Gasteiger charge is -2.24. The Labute approximate surface area is 169 Å². The molecule has 0 spiro atoms. The summed E-state index contributed by atoms with van der Waals surface area (Å²) in [7, 11) is 0. The molecule has 5 nitrogen and oxygen atoms in total. The van der Waals surface area contributed by atoms with Crippen LogP contribution in [0.4, 0.5) is 0 Å². The quantitative estimate of drug-likeness (QED) is 0.732. The Hall–Kier alpha value is -2.53. The van der Waals surface area contributed by atoms with Gasteiger partial charge in [-0.3, -0.25) is 9.59 Å². The van der Waals surface area contributed by atoms with Crippen LogP contribution in [0.3, 0.4) is 0 Å². The maximum Gasteiger partial charge on any atom is 0.313 e. The standard InChI is InChI=1S/C22H22ClNO4/c23-19-7-8-20-17(12-19)11-18(14-27-20)22(26)28-13-15-3-5-16(6-4-15)21(25)24-9-1-2-10-24/h3-8,12,18H,1-2,9-11,13-14H2/t18-/m0/s1. The van der Waals surface area contributed by atoms with E-state index in [1.165, 1.54) is 0 Å². The highest BCUT2D eigenvalue weighted by Crippen LogP contribution is 2.30. The van der Waals surface area contributed by atoms with Crippen molar-refractivity contribution >= 4 is 23.5 Å². The second kappa shape index (κ2) is 8.23. The maximum atomic E-state index is 12.4. The van der Waals surface area contributed by atoms with Crippen molar-refractivity contribution in [2.45, 2.75) is 25.9 Å². The number of likely N-dealkylation sites (tertiary alicyclic amines) is 1. The Morgan fingerprint density at radius 3 is 2.61 bits per heavy atom. The molecule has 0 saturated carbocycles. The first-order chi connectivity index (χ1) is 13.6. The van der Waals surface area contributed by atoms with Crippen molar-refractivity contribution < 1.29 is 19.1 Å². The van der Waals surface area contributed by atoms with Crippen molar-refractivity contribution in [1.82, 2.24) is 4.90 Å². The molecule has 0 N–H and O–H groups in total. The molecule has 2 aromatic carbocycles. The summed E-state index contributed by atoms with van der Waals surface area (Å²) in [5.74, 6) is 0.203. The van der Waals surface area contributed by atoms with Crippen molar-refractivity contribution in [3.05, 3.63) is 64.2 Å². The van der Waals surface area contributed by atoms with Gasteiger partial charge < -0.3 is 14.4 Å². The van der Waals surface area contributed by atoms with Crippen molar-refractivity contribution in [3.8, 4) is 5.75 Å². The Bertz CT molecular complexity index is 875. The van der Waals surface area contributed by atoms with Crippen molar-refractivity contribution in [1.29, 1.82) is 0 Å². The third-order valence-corrected chi connectivity index (χ3v) is 5.47. The number of nitrogens with zero attached hydrogens (tertiary/aromatic N) is 1. The molecule has 1 saturated heterocycles. The SMILES string of the molecule is O=C(OCc1ccc(C(=O)N2CCCC2)cc1)[C@@H]1COc2ccc(Cl)cc2C1. The van der Waals surface area contributed by atoms with Crippen LogP contribution >= 0.6 is 11.6 Å². The van der Waals surface area contributed by atoms with Gasteiger partial charge in [0.2, 0.25) is 0 Å². The summed E-state index contributed by atoms with van der Waals surface area (Å²) in [6, 6.07) is 12.7. The van der Waals surface area contributed by atoms with E-state index in [1.54, 1.807) is 18.2 Å². The van der Waals surface area contributed by atoms with Gasteiger partial charge in [0.15, 0.2) is 0 Å². The smallest absolute Gasteiger partial charge is 0.313 e. The number of halogens is 1. The molecule has 6 heteroatoms. The van der Waals surface area contributed by atoms with Crippen LogP contribution in [0.15, 0.2) is 42.5 Å². The van der Waals surface area contributed by atoms with E-state index in [1.807, 2.05) is 29.2 Å². The van der Waals surface area contributed by atoms with Gasteiger partial charge >= 0.3 is 5.97 Å². The van der Waals surface area contributed by atoms with E-state index >= 15 is 0 Å². The van der Waals surface area contributed by atoms with E-state index in [0.29, 0.717) is 23.6 Å². The van der Waals surface area contributed by atoms with Gasteiger partial charge in [0, 0.05) is 23.7 Å². The highest BCUT2D eigenvalue weighted by Gasteiger charge is 2.27. The third-order valence-electron chi connectivity index (χ3n) is 5.24. The molecule has 0 aromatic heterocycles. The molecule has 146 valence electrons. The molecule has 4 rings (SSSR count). The van der Waals surface area contributed by atoms with Crippen LogP contribution in [-0.4, -0.2) is 36.5 Å². The lowest BCUT2D eigenvalue weighted by Crippen LogP contribution is -2.29. The van der Waals surface area contributed by atoms with Gasteiger partial charge in [0.05, 0.1) is 5.92 Å². The number of carbonyl (C=O) groups excluding carboxylic acids is 2. The third kappa shape index (κ3) is 4.14. The molecule has 2 aliphatic heterocycles. The molecule has 28 heavy (non-hydrogen) atoms. The normalized spacial score (nSPS) is 18.3. The van der Waals surface area contributed by atoms with Gasteiger partial charge in [-0.2, -0.15) is 0 Å². The zero-order chi connectivity index (χ0) is 19.5. The number of hydrogen-bond donors (Lipinski definition) is 0. The number of carbonyl (C=O) groups is 2. The Morgan fingerprint density at radius 1 is 1.11 bits per heavy atom. The van der Waals surface area contributed by atoms with Gasteiger partial charge in [-0.15, -0.1) is 0 Å².